The molecule has 1 saturated heterocycles. The van der Waals surface area contributed by atoms with E-state index in [2.05, 4.69) is 18.7 Å². The van der Waals surface area contributed by atoms with Crippen LogP contribution in [0.25, 0.3) is 0 Å². The highest BCUT2D eigenvalue weighted by molar-refractivity contribution is 5.59. The molecule has 0 saturated carbocycles. The second-order valence-electron chi connectivity index (χ2n) is 4.51. The van der Waals surface area contributed by atoms with Crippen molar-refractivity contribution in [2.75, 3.05) is 19.6 Å². The topological polar surface area (TPSA) is 20.3 Å². The van der Waals surface area contributed by atoms with Crippen LogP contribution in [0.3, 0.4) is 0 Å². The number of rotatable bonds is 5. The first-order valence-electron chi connectivity index (χ1n) is 5.39. The molecule has 1 aliphatic rings. The van der Waals surface area contributed by atoms with Gasteiger partial charge in [0.2, 0.25) is 0 Å². The molecule has 1 unspecified atom stereocenters. The molecule has 13 heavy (non-hydrogen) atoms. The van der Waals surface area contributed by atoms with Crippen LogP contribution >= 0.6 is 0 Å². The minimum Gasteiger partial charge on any atom is -0.303 e. The Bertz CT molecular complexity index is 163. The average Bonchev–Trinajstić information content (AvgIpc) is 2.57. The molecule has 0 aromatic heterocycles. The fourth-order valence-corrected chi connectivity index (χ4v) is 2.20. The summed E-state index contributed by atoms with van der Waals surface area (Å²) in [4.78, 5) is 13.4. The van der Waals surface area contributed by atoms with Gasteiger partial charge < -0.3 is 9.69 Å². The van der Waals surface area contributed by atoms with Gasteiger partial charge in [0.25, 0.3) is 0 Å². The first-order chi connectivity index (χ1) is 6.20. The van der Waals surface area contributed by atoms with E-state index >= 15 is 0 Å². The lowest BCUT2D eigenvalue weighted by Gasteiger charge is -2.28. The van der Waals surface area contributed by atoms with E-state index in [1.807, 2.05) is 0 Å². The second-order valence-corrected chi connectivity index (χ2v) is 4.51. The molecule has 0 amide bonds. The molecule has 0 spiro atoms. The largest absolute Gasteiger partial charge is 0.303 e. The summed E-state index contributed by atoms with van der Waals surface area (Å²) >= 11 is 0. The molecule has 0 aliphatic carbocycles. The van der Waals surface area contributed by atoms with Crippen molar-refractivity contribution in [2.45, 2.75) is 39.5 Å². The molecule has 1 aliphatic heterocycles. The highest BCUT2D eigenvalue weighted by Gasteiger charge is 2.26. The van der Waals surface area contributed by atoms with E-state index in [0.717, 1.165) is 25.7 Å². The van der Waals surface area contributed by atoms with Crippen molar-refractivity contribution in [3.8, 4) is 0 Å². The Balaban J connectivity index is 2.41. The third-order valence-corrected chi connectivity index (χ3v) is 2.89. The van der Waals surface area contributed by atoms with E-state index in [1.165, 1.54) is 25.9 Å². The van der Waals surface area contributed by atoms with Gasteiger partial charge in [-0.15, -0.1) is 0 Å². The number of nitrogens with zero attached hydrogens (tertiary/aromatic N) is 1. The van der Waals surface area contributed by atoms with Gasteiger partial charge in [0, 0.05) is 12.0 Å². The summed E-state index contributed by atoms with van der Waals surface area (Å²) < 4.78 is 0. The number of hydrogen-bond donors (Lipinski definition) is 0. The van der Waals surface area contributed by atoms with Crippen LogP contribution < -0.4 is 0 Å². The molecule has 2 nitrogen and oxygen atoms in total. The van der Waals surface area contributed by atoms with Crippen molar-refractivity contribution < 1.29 is 4.79 Å². The zero-order valence-corrected chi connectivity index (χ0v) is 8.88. The van der Waals surface area contributed by atoms with Crippen LogP contribution in [0.4, 0.5) is 0 Å². The van der Waals surface area contributed by atoms with Crippen LogP contribution in [-0.2, 0) is 4.79 Å². The van der Waals surface area contributed by atoms with Crippen molar-refractivity contribution in [1.29, 1.82) is 0 Å². The summed E-state index contributed by atoms with van der Waals surface area (Å²) in [6.07, 6.45) is 5.88. The smallest absolute Gasteiger partial charge is 0.127 e. The number of likely N-dealkylation sites (tertiary alicyclic amines) is 1. The molecule has 0 bridgehead atoms. The lowest BCUT2D eigenvalue weighted by atomic mass is 9.87. The molecule has 76 valence electrons. The van der Waals surface area contributed by atoms with Crippen molar-refractivity contribution in [3.05, 3.63) is 0 Å². The van der Waals surface area contributed by atoms with Crippen LogP contribution in [0.2, 0.25) is 0 Å². The van der Waals surface area contributed by atoms with Gasteiger partial charge in [0.05, 0.1) is 0 Å². The molecule has 0 N–H and O–H groups in total. The molecule has 1 atom stereocenters. The summed E-state index contributed by atoms with van der Waals surface area (Å²) in [5.74, 6) is 0. The standard InChI is InChI=1S/C11H21NO/c1-3-6-11(2,10-13)9-12-7-4-5-8-12/h10H,3-9H2,1-2H3. The van der Waals surface area contributed by atoms with Gasteiger partial charge in [-0.3, -0.25) is 0 Å². The molecule has 1 fully saturated rings. The Kier molecular flexibility index (Phi) is 3.91. The van der Waals surface area contributed by atoms with Gasteiger partial charge in [-0.25, -0.2) is 0 Å². The lowest BCUT2D eigenvalue weighted by molar-refractivity contribution is -0.116. The number of aldehydes is 1. The number of carbonyl (C=O) groups is 1. The third-order valence-electron chi connectivity index (χ3n) is 2.89. The monoisotopic (exact) mass is 183 g/mol. The highest BCUT2D eigenvalue weighted by Crippen LogP contribution is 2.23. The van der Waals surface area contributed by atoms with Gasteiger partial charge in [-0.05, 0) is 32.4 Å². The summed E-state index contributed by atoms with van der Waals surface area (Å²) in [6.45, 7) is 7.57. The molecular weight excluding hydrogens is 162 g/mol. The molecule has 0 aromatic rings. The predicted molar refractivity (Wildman–Crippen MR) is 54.8 cm³/mol. The molecule has 1 heterocycles. The average molecular weight is 183 g/mol. The van der Waals surface area contributed by atoms with Crippen molar-refractivity contribution in [1.82, 2.24) is 4.90 Å². The Morgan fingerprint density at radius 3 is 2.46 bits per heavy atom. The quantitative estimate of drug-likeness (QED) is 0.608. The summed E-state index contributed by atoms with van der Waals surface area (Å²) in [7, 11) is 0. The highest BCUT2D eigenvalue weighted by atomic mass is 16.1. The summed E-state index contributed by atoms with van der Waals surface area (Å²) in [6, 6.07) is 0. The Morgan fingerprint density at radius 2 is 2.00 bits per heavy atom. The van der Waals surface area contributed by atoms with Crippen molar-refractivity contribution >= 4 is 6.29 Å². The van der Waals surface area contributed by atoms with E-state index in [4.69, 9.17) is 0 Å². The zero-order chi connectivity index (χ0) is 9.73. The summed E-state index contributed by atoms with van der Waals surface area (Å²) in [5, 5.41) is 0. The van der Waals surface area contributed by atoms with Crippen LogP contribution in [0.1, 0.15) is 39.5 Å². The second kappa shape index (κ2) is 4.75. The number of carbonyl (C=O) groups excluding carboxylic acids is 1. The SMILES string of the molecule is CCCC(C)(C=O)CN1CCCC1. The van der Waals surface area contributed by atoms with Gasteiger partial charge in [0.15, 0.2) is 0 Å². The predicted octanol–water partition coefficient (Wildman–Crippen LogP) is 2.09. The van der Waals surface area contributed by atoms with Gasteiger partial charge in [0.1, 0.15) is 6.29 Å². The van der Waals surface area contributed by atoms with E-state index in [-0.39, 0.29) is 5.41 Å². The maximum atomic E-state index is 11.0. The van der Waals surface area contributed by atoms with E-state index < -0.39 is 0 Å². The molecule has 0 radical (unpaired) electrons. The molecule has 1 rings (SSSR count). The van der Waals surface area contributed by atoms with Crippen molar-refractivity contribution in [2.24, 2.45) is 5.41 Å². The van der Waals surface area contributed by atoms with Crippen LogP contribution in [-0.4, -0.2) is 30.8 Å². The molecule has 0 aromatic carbocycles. The van der Waals surface area contributed by atoms with E-state index in [1.54, 1.807) is 0 Å². The molecule has 2 heteroatoms. The minimum atomic E-state index is -0.0981. The first-order valence-corrected chi connectivity index (χ1v) is 5.39. The Morgan fingerprint density at radius 1 is 1.38 bits per heavy atom. The Labute approximate surface area is 81.3 Å². The lowest BCUT2D eigenvalue weighted by Crippen LogP contribution is -2.35. The maximum Gasteiger partial charge on any atom is 0.127 e. The normalized spacial score (nSPS) is 22.9. The number of hydrogen-bond acceptors (Lipinski definition) is 2. The van der Waals surface area contributed by atoms with Gasteiger partial charge in [-0.2, -0.15) is 0 Å². The fourth-order valence-electron chi connectivity index (χ4n) is 2.20. The van der Waals surface area contributed by atoms with E-state index in [9.17, 15) is 4.79 Å². The van der Waals surface area contributed by atoms with Crippen LogP contribution in [0.5, 0.6) is 0 Å². The van der Waals surface area contributed by atoms with Crippen LogP contribution in [0, 0.1) is 5.41 Å². The van der Waals surface area contributed by atoms with Crippen molar-refractivity contribution in [3.63, 3.8) is 0 Å². The zero-order valence-electron chi connectivity index (χ0n) is 8.88. The third kappa shape index (κ3) is 3.11. The summed E-state index contributed by atoms with van der Waals surface area (Å²) in [5.41, 5.74) is -0.0981. The first kappa shape index (κ1) is 10.7. The fraction of sp³-hybridized carbons (Fsp3) is 0.909. The minimum absolute atomic E-state index is 0.0981. The van der Waals surface area contributed by atoms with Gasteiger partial charge in [-0.1, -0.05) is 20.3 Å². The van der Waals surface area contributed by atoms with Crippen LogP contribution in [0.15, 0.2) is 0 Å². The Hall–Kier alpha value is -0.370. The molecular formula is C11H21NO. The van der Waals surface area contributed by atoms with E-state index in [0.29, 0.717) is 0 Å². The maximum absolute atomic E-state index is 11.0. The van der Waals surface area contributed by atoms with Gasteiger partial charge >= 0.3 is 0 Å².